The zero-order chi connectivity index (χ0) is 22.3. The maximum Gasteiger partial charge on any atom is 0.469 e. The minimum absolute atomic E-state index is 0.295. The van der Waals surface area contributed by atoms with Crippen LogP contribution in [0.3, 0.4) is 0 Å². The average Bonchev–Trinajstić information content (AvgIpc) is 3.12. The number of aromatic nitrogens is 2. The van der Waals surface area contributed by atoms with Crippen LogP contribution in [0.15, 0.2) is 16.2 Å². The largest absolute Gasteiger partial charge is 0.469 e. The van der Waals surface area contributed by atoms with E-state index in [1.807, 2.05) is 20.8 Å². The molecule has 3 N–H and O–H groups in total. The molecule has 1 aromatic rings. The van der Waals surface area contributed by atoms with E-state index in [1.54, 1.807) is 17.8 Å². The smallest absolute Gasteiger partial charge is 0.345 e. The number of fused-ring (bicyclic) bond motifs is 3. The van der Waals surface area contributed by atoms with Crippen LogP contribution in [0.4, 0.5) is 0 Å². The maximum atomic E-state index is 13.1. The molecule has 1 aromatic heterocycles. The molecule has 164 valence electrons. The summed E-state index contributed by atoms with van der Waals surface area (Å²) in [5.74, 6) is 0.931. The number of carbonyl (C=O) groups is 1. The zero-order valence-corrected chi connectivity index (χ0v) is 18.5. The van der Waals surface area contributed by atoms with E-state index < -0.39 is 25.2 Å². The van der Waals surface area contributed by atoms with Gasteiger partial charge in [0.05, 0.1) is 24.5 Å². The van der Waals surface area contributed by atoms with Gasteiger partial charge in [0.25, 0.3) is 5.91 Å². The molecule has 30 heavy (non-hydrogen) atoms. The van der Waals surface area contributed by atoms with Gasteiger partial charge in [0.15, 0.2) is 11.5 Å². The van der Waals surface area contributed by atoms with E-state index in [4.69, 9.17) is 9.79 Å². The number of carbonyl (C=O) groups excluding carboxylic acids is 1. The molecule has 10 nitrogen and oxygen atoms in total. The van der Waals surface area contributed by atoms with Crippen LogP contribution in [0.1, 0.15) is 61.8 Å². The van der Waals surface area contributed by atoms with Crippen molar-refractivity contribution in [2.24, 2.45) is 21.3 Å². The van der Waals surface area contributed by atoms with E-state index in [0.717, 1.165) is 24.1 Å². The number of amides is 1. The summed E-state index contributed by atoms with van der Waals surface area (Å²) in [6.07, 6.45) is 4.95. The highest BCUT2D eigenvalue weighted by atomic mass is 31.2. The zero-order valence-electron chi connectivity index (χ0n) is 17.6. The van der Waals surface area contributed by atoms with Gasteiger partial charge in [0.1, 0.15) is 0 Å². The van der Waals surface area contributed by atoms with E-state index in [0.29, 0.717) is 23.4 Å². The van der Waals surface area contributed by atoms with E-state index in [-0.39, 0.29) is 6.61 Å². The van der Waals surface area contributed by atoms with Crippen molar-refractivity contribution < 1.29 is 23.7 Å². The van der Waals surface area contributed by atoms with Crippen molar-refractivity contribution in [3.8, 4) is 0 Å². The Hall–Kier alpha value is -2.13. The van der Waals surface area contributed by atoms with E-state index in [9.17, 15) is 9.36 Å². The summed E-state index contributed by atoms with van der Waals surface area (Å²) in [4.78, 5) is 39.3. The fourth-order valence-corrected chi connectivity index (χ4v) is 4.08. The molecular formula is C19H28N5O5P. The van der Waals surface area contributed by atoms with Gasteiger partial charge in [-0.3, -0.25) is 14.3 Å². The summed E-state index contributed by atoms with van der Waals surface area (Å²) < 4.78 is 17.4. The lowest BCUT2D eigenvalue weighted by Crippen LogP contribution is -2.47. The molecule has 1 amide bonds. The standard InChI is InChI=1S/C19H28N5O5P/c1-6-21-15(9-20-5)24-17-12-7-11(12)8-13(17)16(23-24)18(25)22-14(19(2,3)4)10-29-30(26,27)28/h6,9,11-12,14H,5,7-8,10H2,1-4H3,(H,22,25)(H2,26,27,28)/b15-9+,21-6?/t11-,12-,14-/m1/s1. The average molecular weight is 437 g/mol. The first-order chi connectivity index (χ1) is 14.0. The van der Waals surface area contributed by atoms with Crippen molar-refractivity contribution in [3.05, 3.63) is 23.2 Å². The first kappa shape index (κ1) is 22.6. The van der Waals surface area contributed by atoms with Gasteiger partial charge in [-0.15, -0.1) is 0 Å². The molecule has 0 saturated heterocycles. The van der Waals surface area contributed by atoms with Crippen molar-refractivity contribution in [3.63, 3.8) is 0 Å². The Labute approximate surface area is 175 Å². The third-order valence-corrected chi connectivity index (χ3v) is 5.91. The van der Waals surface area contributed by atoms with Gasteiger partial charge >= 0.3 is 7.82 Å². The molecule has 3 rings (SSSR count). The van der Waals surface area contributed by atoms with Crippen LogP contribution in [0.5, 0.6) is 0 Å². The SMILES string of the molecule is C=N/C=C(\N=CC)n1nc(C(=O)N[C@H](COP(=O)(O)O)C(C)(C)C)c2c1[C@@H]1C[C@@H]1C2. The minimum atomic E-state index is -4.66. The summed E-state index contributed by atoms with van der Waals surface area (Å²) in [7, 11) is -4.66. The molecule has 0 aliphatic heterocycles. The molecule has 2 aliphatic carbocycles. The van der Waals surface area contributed by atoms with Gasteiger partial charge in [0, 0.05) is 17.7 Å². The fourth-order valence-electron chi connectivity index (χ4n) is 3.74. The molecule has 1 heterocycles. The molecule has 3 atom stereocenters. The van der Waals surface area contributed by atoms with E-state index in [1.165, 1.54) is 6.20 Å². The van der Waals surface area contributed by atoms with Crippen LogP contribution in [-0.4, -0.2) is 51.1 Å². The Morgan fingerprint density at radius 2 is 2.20 bits per heavy atom. The number of nitrogens with zero attached hydrogens (tertiary/aromatic N) is 4. The second-order valence-corrected chi connectivity index (χ2v) is 9.91. The topological polar surface area (TPSA) is 138 Å². The lowest BCUT2D eigenvalue weighted by Gasteiger charge is -2.31. The lowest BCUT2D eigenvalue weighted by molar-refractivity contribution is 0.0825. The highest BCUT2D eigenvalue weighted by molar-refractivity contribution is 7.46. The summed E-state index contributed by atoms with van der Waals surface area (Å²) in [5, 5.41) is 7.38. The predicted octanol–water partition coefficient (Wildman–Crippen LogP) is 2.34. The molecule has 0 spiro atoms. The Morgan fingerprint density at radius 1 is 1.50 bits per heavy atom. The van der Waals surface area contributed by atoms with E-state index in [2.05, 4.69) is 31.6 Å². The molecule has 2 aliphatic rings. The summed E-state index contributed by atoms with van der Waals surface area (Å²) in [5.41, 5.74) is 1.66. The van der Waals surface area contributed by atoms with Crippen molar-refractivity contribution >= 4 is 32.5 Å². The van der Waals surface area contributed by atoms with E-state index >= 15 is 0 Å². The number of phosphoric acid groups is 1. The third-order valence-electron chi connectivity index (χ3n) is 5.42. The molecule has 0 bridgehead atoms. The number of hydrogen-bond donors (Lipinski definition) is 3. The minimum Gasteiger partial charge on any atom is -0.345 e. The molecule has 11 heteroatoms. The lowest BCUT2D eigenvalue weighted by atomic mass is 9.87. The van der Waals surface area contributed by atoms with Crippen LogP contribution in [0.25, 0.3) is 5.82 Å². The van der Waals surface area contributed by atoms with Gasteiger partial charge < -0.3 is 15.1 Å². The first-order valence-corrected chi connectivity index (χ1v) is 11.3. The number of rotatable bonds is 8. The van der Waals surface area contributed by atoms with Gasteiger partial charge in [-0.1, -0.05) is 20.8 Å². The highest BCUT2D eigenvalue weighted by Crippen LogP contribution is 2.57. The second-order valence-electron chi connectivity index (χ2n) is 8.67. The Kier molecular flexibility index (Phi) is 6.15. The van der Waals surface area contributed by atoms with Crippen LogP contribution in [0, 0.1) is 11.3 Å². The molecule has 0 aromatic carbocycles. The summed E-state index contributed by atoms with van der Waals surface area (Å²) in [6.45, 7) is 10.5. The number of hydrogen-bond acceptors (Lipinski definition) is 6. The van der Waals surface area contributed by atoms with Crippen molar-refractivity contribution in [2.45, 2.75) is 52.5 Å². The molecule has 1 saturated carbocycles. The highest BCUT2D eigenvalue weighted by Gasteiger charge is 2.50. The van der Waals surface area contributed by atoms with Gasteiger partial charge in [0.2, 0.25) is 0 Å². The summed E-state index contributed by atoms with van der Waals surface area (Å²) in [6, 6.07) is -0.632. The molecule has 0 radical (unpaired) electrons. The maximum absolute atomic E-state index is 13.1. The summed E-state index contributed by atoms with van der Waals surface area (Å²) >= 11 is 0. The number of aliphatic imine (C=N–C) groups is 2. The monoisotopic (exact) mass is 437 g/mol. The predicted molar refractivity (Wildman–Crippen MR) is 113 cm³/mol. The normalized spacial score (nSPS) is 22.0. The molecule has 1 fully saturated rings. The van der Waals surface area contributed by atoms with Crippen LogP contribution >= 0.6 is 7.82 Å². The first-order valence-electron chi connectivity index (χ1n) is 9.74. The van der Waals surface area contributed by atoms with Gasteiger partial charge in [-0.05, 0) is 37.8 Å². The van der Waals surface area contributed by atoms with Crippen LogP contribution in [0.2, 0.25) is 0 Å². The van der Waals surface area contributed by atoms with Crippen molar-refractivity contribution in [1.29, 1.82) is 0 Å². The number of phosphoric ester groups is 1. The Balaban J connectivity index is 1.92. The van der Waals surface area contributed by atoms with Crippen LogP contribution in [-0.2, 0) is 15.5 Å². The fraction of sp³-hybridized carbons (Fsp3) is 0.579. The quantitative estimate of drug-likeness (QED) is 0.421. The Morgan fingerprint density at radius 3 is 2.77 bits per heavy atom. The second kappa shape index (κ2) is 8.19. The Bertz CT molecular complexity index is 955. The van der Waals surface area contributed by atoms with Gasteiger partial charge in [-0.25, -0.2) is 14.2 Å². The number of nitrogens with one attached hydrogen (secondary N) is 1. The molecule has 0 unspecified atom stereocenters. The van der Waals surface area contributed by atoms with Crippen LogP contribution < -0.4 is 5.32 Å². The van der Waals surface area contributed by atoms with Gasteiger partial charge in [-0.2, -0.15) is 5.10 Å². The third kappa shape index (κ3) is 4.78. The molecular weight excluding hydrogens is 409 g/mol. The van der Waals surface area contributed by atoms with Crippen molar-refractivity contribution in [2.75, 3.05) is 6.61 Å². The van der Waals surface area contributed by atoms with Crippen molar-refractivity contribution in [1.82, 2.24) is 15.1 Å².